The molecule has 2 aliphatic rings. The van der Waals surface area contributed by atoms with Crippen LogP contribution in [0.2, 0.25) is 0 Å². The molecule has 4 rings (SSSR count). The summed E-state index contributed by atoms with van der Waals surface area (Å²) in [6.45, 7) is 0.652. The van der Waals surface area contributed by atoms with Gasteiger partial charge in [-0.1, -0.05) is 5.21 Å². The summed E-state index contributed by atoms with van der Waals surface area (Å²) in [7, 11) is 0. The molecule has 0 spiro atoms. The fourth-order valence-electron chi connectivity index (χ4n) is 3.43. The van der Waals surface area contributed by atoms with Crippen LogP contribution in [0.25, 0.3) is 0 Å². The van der Waals surface area contributed by atoms with Gasteiger partial charge in [-0.15, -0.1) is 16.4 Å². The minimum absolute atomic E-state index is 0.0209. The van der Waals surface area contributed by atoms with Crippen LogP contribution >= 0.6 is 11.3 Å². The van der Waals surface area contributed by atoms with Crippen LogP contribution in [0.15, 0.2) is 24.0 Å². The standard InChI is InChI=1S/C15H18N6O2S/c22-13(18-15-16-4-7-24-15)12-2-1-5-20(12)14(23)10-8-11(9-10)21-6-3-17-19-21/h3-4,6-7,10-12H,1-2,5,8-9H2,(H,16,18,22). The third kappa shape index (κ3) is 2.79. The van der Waals surface area contributed by atoms with Crippen molar-refractivity contribution in [1.82, 2.24) is 24.9 Å². The lowest BCUT2D eigenvalue weighted by molar-refractivity contribution is -0.143. The summed E-state index contributed by atoms with van der Waals surface area (Å²) < 4.78 is 1.81. The molecular weight excluding hydrogens is 328 g/mol. The number of likely N-dealkylation sites (tertiary alicyclic amines) is 1. The predicted molar refractivity (Wildman–Crippen MR) is 87.3 cm³/mol. The SMILES string of the molecule is O=C(Nc1nccs1)C1CCCN1C(=O)C1CC(n2ccnn2)C1. The largest absolute Gasteiger partial charge is 0.330 e. The van der Waals surface area contributed by atoms with E-state index in [2.05, 4.69) is 20.6 Å². The molecule has 2 aromatic rings. The van der Waals surface area contributed by atoms with Gasteiger partial charge in [0.1, 0.15) is 6.04 Å². The molecule has 2 fully saturated rings. The van der Waals surface area contributed by atoms with E-state index in [0.717, 1.165) is 19.3 Å². The first-order valence-corrected chi connectivity index (χ1v) is 8.97. The Balaban J connectivity index is 1.36. The quantitative estimate of drug-likeness (QED) is 0.901. The van der Waals surface area contributed by atoms with E-state index in [0.29, 0.717) is 18.1 Å². The summed E-state index contributed by atoms with van der Waals surface area (Å²) in [5, 5.41) is 13.0. The normalized spacial score (nSPS) is 26.2. The summed E-state index contributed by atoms with van der Waals surface area (Å²) >= 11 is 1.38. The molecule has 9 heteroatoms. The van der Waals surface area contributed by atoms with Crippen molar-refractivity contribution < 1.29 is 9.59 Å². The van der Waals surface area contributed by atoms with Gasteiger partial charge in [-0.05, 0) is 25.7 Å². The Kier molecular flexibility index (Phi) is 4.01. The molecule has 3 heterocycles. The summed E-state index contributed by atoms with van der Waals surface area (Å²) in [6.07, 6.45) is 8.22. The predicted octanol–water partition coefficient (Wildman–Crippen LogP) is 1.32. The number of aromatic nitrogens is 4. The monoisotopic (exact) mass is 346 g/mol. The number of hydrogen-bond donors (Lipinski definition) is 1. The third-order valence-electron chi connectivity index (χ3n) is 4.78. The topological polar surface area (TPSA) is 93.0 Å². The minimum atomic E-state index is -0.383. The Morgan fingerprint density at radius 2 is 2.17 bits per heavy atom. The fraction of sp³-hybridized carbons (Fsp3) is 0.533. The average Bonchev–Trinajstić information content (AvgIpc) is 3.28. The van der Waals surface area contributed by atoms with Crippen LogP contribution in [-0.2, 0) is 9.59 Å². The molecule has 1 aliphatic carbocycles. The van der Waals surface area contributed by atoms with E-state index in [9.17, 15) is 9.59 Å². The Hall–Kier alpha value is -2.29. The highest BCUT2D eigenvalue weighted by Crippen LogP contribution is 2.39. The van der Waals surface area contributed by atoms with Crippen molar-refractivity contribution in [3.05, 3.63) is 24.0 Å². The number of nitrogens with one attached hydrogen (secondary N) is 1. The molecule has 1 atom stereocenters. The number of rotatable bonds is 4. The highest BCUT2D eigenvalue weighted by molar-refractivity contribution is 7.13. The molecule has 1 N–H and O–H groups in total. The molecule has 1 saturated carbocycles. The maximum atomic E-state index is 12.7. The van der Waals surface area contributed by atoms with E-state index in [1.54, 1.807) is 22.0 Å². The first-order chi connectivity index (χ1) is 11.7. The maximum Gasteiger partial charge on any atom is 0.248 e. The summed E-state index contributed by atoms with van der Waals surface area (Å²) in [5.74, 6) is -0.0708. The maximum absolute atomic E-state index is 12.7. The van der Waals surface area contributed by atoms with Crippen LogP contribution in [0, 0.1) is 5.92 Å². The van der Waals surface area contributed by atoms with Gasteiger partial charge in [0.25, 0.3) is 0 Å². The van der Waals surface area contributed by atoms with Gasteiger partial charge in [-0.25, -0.2) is 9.67 Å². The number of carbonyl (C=O) groups is 2. The second-order valence-electron chi connectivity index (χ2n) is 6.22. The molecule has 0 bridgehead atoms. The van der Waals surface area contributed by atoms with Gasteiger partial charge >= 0.3 is 0 Å². The fourth-order valence-corrected chi connectivity index (χ4v) is 3.96. The zero-order chi connectivity index (χ0) is 16.5. The van der Waals surface area contributed by atoms with Crippen LogP contribution in [0.5, 0.6) is 0 Å². The Bertz CT molecular complexity index is 710. The molecular formula is C15H18N6O2S. The second-order valence-corrected chi connectivity index (χ2v) is 7.12. The van der Waals surface area contributed by atoms with Crippen molar-refractivity contribution >= 4 is 28.3 Å². The first kappa shape index (κ1) is 15.3. The molecule has 1 unspecified atom stereocenters. The highest BCUT2D eigenvalue weighted by atomic mass is 32.1. The molecule has 2 amide bonds. The Morgan fingerprint density at radius 1 is 1.29 bits per heavy atom. The lowest BCUT2D eigenvalue weighted by atomic mass is 9.79. The zero-order valence-corrected chi connectivity index (χ0v) is 13.9. The van der Waals surface area contributed by atoms with Crippen LogP contribution in [0.1, 0.15) is 31.7 Å². The van der Waals surface area contributed by atoms with Crippen molar-refractivity contribution in [2.45, 2.75) is 37.8 Å². The van der Waals surface area contributed by atoms with Crippen LogP contribution in [-0.4, -0.2) is 49.3 Å². The first-order valence-electron chi connectivity index (χ1n) is 8.09. The summed E-state index contributed by atoms with van der Waals surface area (Å²) in [4.78, 5) is 31.0. The van der Waals surface area contributed by atoms with E-state index in [4.69, 9.17) is 0 Å². The molecule has 1 aliphatic heterocycles. The molecule has 0 radical (unpaired) electrons. The zero-order valence-electron chi connectivity index (χ0n) is 13.0. The summed E-state index contributed by atoms with van der Waals surface area (Å²) in [5.41, 5.74) is 0. The van der Waals surface area contributed by atoms with E-state index < -0.39 is 0 Å². The van der Waals surface area contributed by atoms with Crippen LogP contribution in [0.3, 0.4) is 0 Å². The van der Waals surface area contributed by atoms with Gasteiger partial charge in [-0.3, -0.25) is 9.59 Å². The van der Waals surface area contributed by atoms with Crippen LogP contribution < -0.4 is 5.32 Å². The highest BCUT2D eigenvalue weighted by Gasteiger charge is 2.43. The molecule has 24 heavy (non-hydrogen) atoms. The van der Waals surface area contributed by atoms with E-state index >= 15 is 0 Å². The van der Waals surface area contributed by atoms with Crippen molar-refractivity contribution in [3.8, 4) is 0 Å². The van der Waals surface area contributed by atoms with E-state index in [-0.39, 0.29) is 29.8 Å². The summed E-state index contributed by atoms with van der Waals surface area (Å²) in [6, 6.07) is -0.140. The number of thiazole rings is 1. The van der Waals surface area contributed by atoms with E-state index in [1.165, 1.54) is 11.3 Å². The number of hydrogen-bond acceptors (Lipinski definition) is 6. The molecule has 1 saturated heterocycles. The van der Waals surface area contributed by atoms with Crippen molar-refractivity contribution in [2.24, 2.45) is 5.92 Å². The van der Waals surface area contributed by atoms with Gasteiger partial charge in [-0.2, -0.15) is 0 Å². The number of carbonyl (C=O) groups excluding carboxylic acids is 2. The average molecular weight is 346 g/mol. The smallest absolute Gasteiger partial charge is 0.248 e. The lowest BCUT2D eigenvalue weighted by Gasteiger charge is -2.37. The van der Waals surface area contributed by atoms with Crippen molar-refractivity contribution in [1.29, 1.82) is 0 Å². The lowest BCUT2D eigenvalue weighted by Crippen LogP contribution is -2.48. The van der Waals surface area contributed by atoms with Gasteiger partial charge in [0, 0.05) is 30.2 Å². The van der Waals surface area contributed by atoms with Crippen LogP contribution in [0.4, 0.5) is 5.13 Å². The van der Waals surface area contributed by atoms with Gasteiger partial charge in [0.2, 0.25) is 11.8 Å². The van der Waals surface area contributed by atoms with Crippen molar-refractivity contribution in [3.63, 3.8) is 0 Å². The number of anilines is 1. The van der Waals surface area contributed by atoms with Gasteiger partial charge < -0.3 is 10.2 Å². The number of nitrogens with zero attached hydrogens (tertiary/aromatic N) is 5. The van der Waals surface area contributed by atoms with Crippen molar-refractivity contribution in [2.75, 3.05) is 11.9 Å². The number of amides is 2. The van der Waals surface area contributed by atoms with Gasteiger partial charge in [0.15, 0.2) is 5.13 Å². The van der Waals surface area contributed by atoms with E-state index in [1.807, 2.05) is 11.6 Å². The second kappa shape index (κ2) is 6.31. The van der Waals surface area contributed by atoms with Gasteiger partial charge in [0.05, 0.1) is 12.2 Å². The molecule has 2 aromatic heterocycles. The molecule has 126 valence electrons. The third-order valence-corrected chi connectivity index (χ3v) is 5.47. The Morgan fingerprint density at radius 3 is 2.88 bits per heavy atom. The minimum Gasteiger partial charge on any atom is -0.330 e. The molecule has 8 nitrogen and oxygen atoms in total. The Labute approximate surface area is 142 Å². The molecule has 0 aromatic carbocycles.